The maximum Gasteiger partial charge on any atom is 0.323 e. The number of fused-ring (bicyclic) bond motifs is 1. The SMILES string of the molecule is CCc1nc2n(n1)C[C@H](N[C@@H]1CCOC1=O)CC2. The van der Waals surface area contributed by atoms with Gasteiger partial charge in [0.05, 0.1) is 13.2 Å². The first-order chi connectivity index (χ1) is 8.76. The van der Waals surface area contributed by atoms with E-state index in [2.05, 4.69) is 22.3 Å². The number of rotatable bonds is 3. The molecule has 0 bridgehead atoms. The molecule has 6 nitrogen and oxygen atoms in total. The van der Waals surface area contributed by atoms with E-state index in [1.807, 2.05) is 4.68 Å². The number of nitrogens with one attached hydrogen (secondary N) is 1. The van der Waals surface area contributed by atoms with Crippen LogP contribution in [0.1, 0.15) is 31.4 Å². The smallest absolute Gasteiger partial charge is 0.323 e. The number of cyclic esters (lactones) is 1. The summed E-state index contributed by atoms with van der Waals surface area (Å²) in [6, 6.07) is 0.158. The molecule has 2 atom stereocenters. The van der Waals surface area contributed by atoms with Crippen LogP contribution in [0.2, 0.25) is 0 Å². The average Bonchev–Trinajstić information content (AvgIpc) is 2.95. The molecule has 0 radical (unpaired) electrons. The first kappa shape index (κ1) is 11.6. The van der Waals surface area contributed by atoms with Crippen molar-refractivity contribution < 1.29 is 9.53 Å². The molecule has 2 aliphatic heterocycles. The molecule has 3 heterocycles. The van der Waals surface area contributed by atoms with Gasteiger partial charge in [-0.2, -0.15) is 5.10 Å². The zero-order valence-corrected chi connectivity index (χ0v) is 10.6. The Balaban J connectivity index is 1.65. The first-order valence-corrected chi connectivity index (χ1v) is 6.61. The van der Waals surface area contributed by atoms with E-state index in [9.17, 15) is 4.79 Å². The molecule has 6 heteroatoms. The number of esters is 1. The molecule has 1 aromatic rings. The van der Waals surface area contributed by atoms with Gasteiger partial charge in [0.1, 0.15) is 11.9 Å². The van der Waals surface area contributed by atoms with Crippen LogP contribution >= 0.6 is 0 Å². The summed E-state index contributed by atoms with van der Waals surface area (Å²) in [5.41, 5.74) is 0. The predicted molar refractivity (Wildman–Crippen MR) is 64.0 cm³/mol. The van der Waals surface area contributed by atoms with Gasteiger partial charge in [0, 0.05) is 25.3 Å². The van der Waals surface area contributed by atoms with Crippen LogP contribution in [0.5, 0.6) is 0 Å². The number of aryl methyl sites for hydroxylation is 2. The summed E-state index contributed by atoms with van der Waals surface area (Å²) in [6.07, 6.45) is 3.57. The van der Waals surface area contributed by atoms with Gasteiger partial charge in [0.25, 0.3) is 0 Å². The highest BCUT2D eigenvalue weighted by Crippen LogP contribution is 2.16. The van der Waals surface area contributed by atoms with E-state index >= 15 is 0 Å². The summed E-state index contributed by atoms with van der Waals surface area (Å²) in [4.78, 5) is 15.9. The lowest BCUT2D eigenvalue weighted by Crippen LogP contribution is -2.45. The molecule has 0 aliphatic carbocycles. The number of hydrogen-bond acceptors (Lipinski definition) is 5. The third-order valence-corrected chi connectivity index (χ3v) is 3.59. The average molecular weight is 250 g/mol. The second-order valence-corrected chi connectivity index (χ2v) is 4.89. The highest BCUT2D eigenvalue weighted by molar-refractivity contribution is 5.77. The molecule has 0 aromatic carbocycles. The fraction of sp³-hybridized carbons (Fsp3) is 0.750. The van der Waals surface area contributed by atoms with Gasteiger partial charge in [-0.15, -0.1) is 0 Å². The normalized spacial score (nSPS) is 27.1. The van der Waals surface area contributed by atoms with Crippen molar-refractivity contribution in [3.05, 3.63) is 11.6 Å². The highest BCUT2D eigenvalue weighted by Gasteiger charge is 2.30. The Morgan fingerprint density at radius 2 is 2.39 bits per heavy atom. The van der Waals surface area contributed by atoms with E-state index in [0.29, 0.717) is 12.6 Å². The number of carbonyl (C=O) groups is 1. The van der Waals surface area contributed by atoms with Gasteiger partial charge in [-0.3, -0.25) is 10.1 Å². The van der Waals surface area contributed by atoms with Gasteiger partial charge in [0.15, 0.2) is 5.82 Å². The minimum absolute atomic E-state index is 0.117. The van der Waals surface area contributed by atoms with Crippen LogP contribution in [0.3, 0.4) is 0 Å². The van der Waals surface area contributed by atoms with Crippen molar-refractivity contribution >= 4 is 5.97 Å². The lowest BCUT2D eigenvalue weighted by Gasteiger charge is -2.25. The molecule has 1 aromatic heterocycles. The van der Waals surface area contributed by atoms with Crippen molar-refractivity contribution in [2.24, 2.45) is 0 Å². The maximum atomic E-state index is 11.4. The molecule has 1 N–H and O–H groups in total. The van der Waals surface area contributed by atoms with Crippen LogP contribution in [-0.2, 0) is 28.9 Å². The second kappa shape index (κ2) is 4.68. The summed E-state index contributed by atoms with van der Waals surface area (Å²) in [5, 5.41) is 7.84. The van der Waals surface area contributed by atoms with Crippen molar-refractivity contribution in [3.63, 3.8) is 0 Å². The zero-order valence-electron chi connectivity index (χ0n) is 10.6. The zero-order chi connectivity index (χ0) is 12.5. The van der Waals surface area contributed by atoms with Crippen LogP contribution in [0.15, 0.2) is 0 Å². The first-order valence-electron chi connectivity index (χ1n) is 6.61. The van der Waals surface area contributed by atoms with Crippen molar-refractivity contribution in [3.8, 4) is 0 Å². The lowest BCUT2D eigenvalue weighted by molar-refractivity contribution is -0.139. The third kappa shape index (κ3) is 2.12. The van der Waals surface area contributed by atoms with Gasteiger partial charge in [0.2, 0.25) is 0 Å². The summed E-state index contributed by atoms with van der Waals surface area (Å²) < 4.78 is 6.93. The number of aromatic nitrogens is 3. The largest absolute Gasteiger partial charge is 0.464 e. The molecule has 0 spiro atoms. The topological polar surface area (TPSA) is 69.0 Å². The molecule has 0 amide bonds. The maximum absolute atomic E-state index is 11.4. The van der Waals surface area contributed by atoms with Crippen molar-refractivity contribution in [1.82, 2.24) is 20.1 Å². The van der Waals surface area contributed by atoms with Crippen LogP contribution in [0.4, 0.5) is 0 Å². The van der Waals surface area contributed by atoms with Gasteiger partial charge in [-0.25, -0.2) is 9.67 Å². The van der Waals surface area contributed by atoms with Crippen LogP contribution in [0.25, 0.3) is 0 Å². The second-order valence-electron chi connectivity index (χ2n) is 4.89. The summed E-state index contributed by atoms with van der Waals surface area (Å²) in [7, 11) is 0. The number of hydrogen-bond donors (Lipinski definition) is 1. The summed E-state index contributed by atoms with van der Waals surface area (Å²) in [5.74, 6) is 1.86. The highest BCUT2D eigenvalue weighted by atomic mass is 16.5. The Morgan fingerprint density at radius 3 is 3.11 bits per heavy atom. The molecular weight excluding hydrogens is 232 g/mol. The van der Waals surface area contributed by atoms with E-state index in [1.54, 1.807) is 0 Å². The molecule has 0 unspecified atom stereocenters. The molecule has 0 saturated carbocycles. The predicted octanol–water partition coefficient (Wildman–Crippen LogP) is 0.0604. The van der Waals surface area contributed by atoms with Crippen LogP contribution in [-0.4, -0.2) is 39.4 Å². The fourth-order valence-corrected chi connectivity index (χ4v) is 2.58. The van der Waals surface area contributed by atoms with Gasteiger partial charge >= 0.3 is 5.97 Å². The Labute approximate surface area is 106 Å². The Kier molecular flexibility index (Phi) is 3.03. The van der Waals surface area contributed by atoms with Crippen molar-refractivity contribution in [2.45, 2.75) is 51.2 Å². The van der Waals surface area contributed by atoms with E-state index in [0.717, 1.165) is 43.9 Å². The molecule has 1 saturated heterocycles. The van der Waals surface area contributed by atoms with E-state index in [-0.39, 0.29) is 12.0 Å². The third-order valence-electron chi connectivity index (χ3n) is 3.59. The number of ether oxygens (including phenoxy) is 1. The molecule has 3 rings (SSSR count). The minimum atomic E-state index is -0.134. The minimum Gasteiger partial charge on any atom is -0.464 e. The summed E-state index contributed by atoms with van der Waals surface area (Å²) >= 11 is 0. The van der Waals surface area contributed by atoms with E-state index in [4.69, 9.17) is 4.74 Å². The van der Waals surface area contributed by atoms with Crippen molar-refractivity contribution in [2.75, 3.05) is 6.61 Å². The van der Waals surface area contributed by atoms with Crippen LogP contribution < -0.4 is 5.32 Å². The van der Waals surface area contributed by atoms with Gasteiger partial charge in [-0.1, -0.05) is 6.92 Å². The Bertz CT molecular complexity index is 457. The quantitative estimate of drug-likeness (QED) is 0.768. The molecule has 98 valence electrons. The standard InChI is InChI=1S/C12H18N4O2/c1-2-10-14-11-4-3-8(7-16(11)15-10)13-9-5-6-18-12(9)17/h8-9,13H,2-7H2,1H3/t8-,9-/m1/s1. The number of carbonyl (C=O) groups excluding carboxylic acids is 1. The van der Waals surface area contributed by atoms with E-state index in [1.165, 1.54) is 0 Å². The fourth-order valence-electron chi connectivity index (χ4n) is 2.58. The molecule has 18 heavy (non-hydrogen) atoms. The number of nitrogens with zero attached hydrogens (tertiary/aromatic N) is 3. The molecule has 2 aliphatic rings. The summed E-state index contributed by atoms with van der Waals surface area (Å²) in [6.45, 7) is 3.40. The van der Waals surface area contributed by atoms with E-state index < -0.39 is 0 Å². The van der Waals surface area contributed by atoms with Crippen molar-refractivity contribution in [1.29, 1.82) is 0 Å². The lowest BCUT2D eigenvalue weighted by atomic mass is 10.1. The molecule has 1 fully saturated rings. The van der Waals surface area contributed by atoms with Gasteiger partial charge < -0.3 is 4.74 Å². The van der Waals surface area contributed by atoms with Crippen LogP contribution in [0, 0.1) is 0 Å². The monoisotopic (exact) mass is 250 g/mol. The Morgan fingerprint density at radius 1 is 1.50 bits per heavy atom. The van der Waals surface area contributed by atoms with Gasteiger partial charge in [-0.05, 0) is 6.42 Å². The molecular formula is C12H18N4O2. The Hall–Kier alpha value is -1.43.